The molecule has 188 valence electrons. The van der Waals surface area contributed by atoms with Gasteiger partial charge in [0.2, 0.25) is 0 Å². The van der Waals surface area contributed by atoms with Gasteiger partial charge in [-0.15, -0.1) is 0 Å². The highest BCUT2D eigenvalue weighted by molar-refractivity contribution is 6.38. The average Bonchev–Trinajstić information content (AvgIpc) is 3.36. The molecule has 9 nitrogen and oxygen atoms in total. The minimum absolute atomic E-state index is 0.0379. The molecule has 0 unspecified atom stereocenters. The molecule has 1 aliphatic rings. The maximum atomic E-state index is 13.6. The van der Waals surface area contributed by atoms with Crippen LogP contribution in [0.15, 0.2) is 63.4 Å². The first-order valence-electron chi connectivity index (χ1n) is 11.6. The van der Waals surface area contributed by atoms with E-state index < -0.39 is 11.4 Å². The smallest absolute Gasteiger partial charge is 0.258 e. The van der Waals surface area contributed by atoms with Crippen molar-refractivity contribution in [3.8, 4) is 0 Å². The summed E-state index contributed by atoms with van der Waals surface area (Å²) in [4.78, 5) is 34.2. The van der Waals surface area contributed by atoms with E-state index in [9.17, 15) is 14.0 Å². The monoisotopic (exact) mass is 493 g/mol. The number of hydrazone groups is 1. The van der Waals surface area contributed by atoms with Crippen molar-refractivity contribution in [3.63, 3.8) is 0 Å². The third-order valence-electron chi connectivity index (χ3n) is 6.03. The highest BCUT2D eigenvalue weighted by Crippen LogP contribution is 2.21. The van der Waals surface area contributed by atoms with Gasteiger partial charge in [0.25, 0.3) is 11.5 Å². The number of nitrogens with one attached hydrogen (secondary N) is 1. The Morgan fingerprint density at radius 1 is 1.22 bits per heavy atom. The van der Waals surface area contributed by atoms with E-state index >= 15 is 0 Å². The van der Waals surface area contributed by atoms with Gasteiger partial charge in [-0.3, -0.25) is 14.6 Å². The van der Waals surface area contributed by atoms with E-state index in [4.69, 9.17) is 15.3 Å². The number of rotatable bonds is 9. The number of halogens is 1. The summed E-state index contributed by atoms with van der Waals surface area (Å²) < 4.78 is 24.2. The number of aliphatic imine (C=N–C) groups is 1. The summed E-state index contributed by atoms with van der Waals surface area (Å²) in [5, 5.41) is 4.18. The zero-order valence-corrected chi connectivity index (χ0v) is 19.9. The van der Waals surface area contributed by atoms with Gasteiger partial charge in [0.1, 0.15) is 11.5 Å². The van der Waals surface area contributed by atoms with Gasteiger partial charge in [-0.05, 0) is 55.0 Å². The fraction of sp³-hybridized carbons (Fsp3) is 0.308. The van der Waals surface area contributed by atoms with Gasteiger partial charge in [-0.2, -0.15) is 5.10 Å². The summed E-state index contributed by atoms with van der Waals surface area (Å²) in [6.45, 7) is 3.07. The first kappa shape index (κ1) is 25.2. The molecule has 36 heavy (non-hydrogen) atoms. The molecule has 3 N–H and O–H groups in total. The number of carbonyl (C=O) groups is 1. The minimum atomic E-state index is -0.421. The fourth-order valence-corrected chi connectivity index (χ4v) is 4.09. The molecule has 0 spiro atoms. The summed E-state index contributed by atoms with van der Waals surface area (Å²) in [6, 6.07) is 12.4. The van der Waals surface area contributed by atoms with E-state index in [0.29, 0.717) is 61.0 Å². The molecule has 2 heterocycles. The van der Waals surface area contributed by atoms with Crippen LogP contribution in [-0.4, -0.2) is 67.7 Å². The number of carbonyl (C=O) groups excluding carboxylic acids is 1. The summed E-state index contributed by atoms with van der Waals surface area (Å²) in [5.74, 6) is 5.37. The van der Waals surface area contributed by atoms with Crippen molar-refractivity contribution in [3.05, 3.63) is 75.8 Å². The Bertz CT molecular complexity index is 1340. The van der Waals surface area contributed by atoms with Gasteiger partial charge in [0.15, 0.2) is 0 Å². The maximum Gasteiger partial charge on any atom is 0.258 e. The number of likely N-dealkylation sites (tertiary alicyclic amines) is 1. The highest BCUT2D eigenvalue weighted by atomic mass is 19.1. The lowest BCUT2D eigenvalue weighted by Crippen LogP contribution is -2.29. The summed E-state index contributed by atoms with van der Waals surface area (Å²) >= 11 is 0. The number of nitrogens with zero attached hydrogens (tertiary/aromatic N) is 3. The Hall–Kier alpha value is -3.89. The lowest BCUT2D eigenvalue weighted by molar-refractivity contribution is 0.0515. The number of H-pyrrole nitrogens is 1. The van der Waals surface area contributed by atoms with Crippen molar-refractivity contribution in [1.82, 2.24) is 9.88 Å². The fourth-order valence-electron chi connectivity index (χ4n) is 4.09. The third-order valence-corrected chi connectivity index (χ3v) is 6.03. The number of hydrogen-bond acceptors (Lipinski definition) is 7. The summed E-state index contributed by atoms with van der Waals surface area (Å²) in [5.41, 5.74) is 1.51. The first-order chi connectivity index (χ1) is 17.5. The van der Waals surface area contributed by atoms with Crippen LogP contribution in [0.1, 0.15) is 22.3 Å². The molecule has 4 rings (SSSR count). The molecule has 0 saturated carbocycles. The van der Waals surface area contributed by atoms with Gasteiger partial charge in [-0.1, -0.05) is 0 Å². The SMILES string of the molecule is COCCOC[C@@H]1CCN(C(=O)c2ccc(N=CC(=NN)c3cc4cc(F)ccc4[nH]c3=O)cc2)C1. The van der Waals surface area contributed by atoms with Crippen LogP contribution in [0.25, 0.3) is 10.9 Å². The third kappa shape index (κ3) is 6.02. The molecule has 1 aromatic heterocycles. The van der Waals surface area contributed by atoms with Crippen LogP contribution in [0.4, 0.5) is 10.1 Å². The largest absolute Gasteiger partial charge is 0.382 e. The van der Waals surface area contributed by atoms with Crippen LogP contribution in [0.3, 0.4) is 0 Å². The number of pyridine rings is 1. The molecule has 1 amide bonds. The molecule has 0 aliphatic carbocycles. The highest BCUT2D eigenvalue weighted by Gasteiger charge is 2.27. The van der Waals surface area contributed by atoms with Gasteiger partial charge in [0, 0.05) is 42.6 Å². The van der Waals surface area contributed by atoms with Crippen molar-refractivity contribution in [2.45, 2.75) is 6.42 Å². The second-order valence-electron chi connectivity index (χ2n) is 8.54. The molecular weight excluding hydrogens is 465 g/mol. The normalized spacial score (nSPS) is 16.3. The summed E-state index contributed by atoms with van der Waals surface area (Å²) in [6.07, 6.45) is 2.27. The van der Waals surface area contributed by atoms with E-state index in [-0.39, 0.29) is 17.2 Å². The second kappa shape index (κ2) is 11.7. The number of amides is 1. The Balaban J connectivity index is 1.40. The van der Waals surface area contributed by atoms with Gasteiger partial charge >= 0.3 is 0 Å². The van der Waals surface area contributed by atoms with Crippen molar-refractivity contribution < 1.29 is 18.7 Å². The number of benzene rings is 2. The van der Waals surface area contributed by atoms with Gasteiger partial charge in [-0.25, -0.2) is 4.39 Å². The first-order valence-corrected chi connectivity index (χ1v) is 11.6. The average molecular weight is 494 g/mol. The molecule has 1 atom stereocenters. The van der Waals surface area contributed by atoms with E-state index in [1.165, 1.54) is 30.5 Å². The molecule has 3 aromatic rings. The number of aromatic amines is 1. The standard InChI is InChI=1S/C26H28FN5O4/c1-35-10-11-36-16-17-8-9-32(15-17)26(34)18-2-5-21(6-3-18)29-14-24(31-28)22-13-19-12-20(27)4-7-23(19)30-25(22)33/h2-7,12-14,17H,8-11,15-16,28H2,1H3,(H,30,33)/t17-/m1/s1. The lowest BCUT2D eigenvalue weighted by Gasteiger charge is -2.17. The molecule has 2 aromatic carbocycles. The lowest BCUT2D eigenvalue weighted by atomic mass is 10.1. The van der Waals surface area contributed by atoms with E-state index in [1.54, 1.807) is 31.4 Å². The molecular formula is C26H28FN5O4. The minimum Gasteiger partial charge on any atom is -0.382 e. The topological polar surface area (TPSA) is 122 Å². The number of hydrogen-bond donors (Lipinski definition) is 2. The number of fused-ring (bicyclic) bond motifs is 1. The van der Waals surface area contributed by atoms with Crippen molar-refractivity contribution >= 4 is 34.4 Å². The van der Waals surface area contributed by atoms with E-state index in [1.807, 2.05) is 4.90 Å². The Morgan fingerprint density at radius 2 is 2.03 bits per heavy atom. The van der Waals surface area contributed by atoms with Gasteiger partial charge < -0.3 is 25.2 Å². The van der Waals surface area contributed by atoms with Crippen LogP contribution < -0.4 is 11.4 Å². The number of nitrogens with two attached hydrogens (primary N) is 1. The number of ether oxygens (including phenoxy) is 2. The van der Waals surface area contributed by atoms with Crippen LogP contribution >= 0.6 is 0 Å². The van der Waals surface area contributed by atoms with Crippen LogP contribution in [-0.2, 0) is 9.47 Å². The van der Waals surface area contributed by atoms with Crippen molar-refractivity contribution in [1.29, 1.82) is 0 Å². The van der Waals surface area contributed by atoms with Crippen LogP contribution in [0.5, 0.6) is 0 Å². The zero-order valence-electron chi connectivity index (χ0n) is 19.9. The Kier molecular flexibility index (Phi) is 8.19. The van der Waals surface area contributed by atoms with Crippen molar-refractivity contribution in [2.75, 3.05) is 40.0 Å². The number of aromatic nitrogens is 1. The van der Waals surface area contributed by atoms with Gasteiger partial charge in [0.05, 0.1) is 37.3 Å². The number of methoxy groups -OCH3 is 1. The molecule has 10 heteroatoms. The Labute approximate surface area is 207 Å². The Morgan fingerprint density at radius 3 is 2.78 bits per heavy atom. The van der Waals surface area contributed by atoms with E-state index in [2.05, 4.69) is 15.1 Å². The predicted octanol–water partition coefficient (Wildman–Crippen LogP) is 2.86. The summed E-state index contributed by atoms with van der Waals surface area (Å²) in [7, 11) is 1.63. The molecule has 0 bridgehead atoms. The second-order valence-corrected chi connectivity index (χ2v) is 8.54. The molecule has 0 radical (unpaired) electrons. The molecule has 1 saturated heterocycles. The van der Waals surface area contributed by atoms with Crippen LogP contribution in [0.2, 0.25) is 0 Å². The van der Waals surface area contributed by atoms with Crippen LogP contribution in [0, 0.1) is 11.7 Å². The molecule has 1 aliphatic heterocycles. The quantitative estimate of drug-likeness (QED) is 0.205. The van der Waals surface area contributed by atoms with E-state index in [0.717, 1.165) is 6.42 Å². The molecule has 1 fully saturated rings. The van der Waals surface area contributed by atoms with Crippen molar-refractivity contribution in [2.24, 2.45) is 21.9 Å². The predicted molar refractivity (Wildman–Crippen MR) is 137 cm³/mol. The maximum absolute atomic E-state index is 13.6. The zero-order chi connectivity index (χ0) is 25.5.